The van der Waals surface area contributed by atoms with E-state index in [0.29, 0.717) is 17.2 Å². The summed E-state index contributed by atoms with van der Waals surface area (Å²) in [6.07, 6.45) is 0.450. The number of halogens is 1. The zero-order chi connectivity index (χ0) is 49.3. The van der Waals surface area contributed by atoms with Crippen molar-refractivity contribution in [1.82, 2.24) is 31.1 Å². The number of nitrogens with one attached hydrogen (secondary N) is 4. The van der Waals surface area contributed by atoms with E-state index < -0.39 is 102 Å². The van der Waals surface area contributed by atoms with Gasteiger partial charge in [-0.25, -0.2) is 9.59 Å². The number of methoxy groups -OCH3 is 2. The van der Waals surface area contributed by atoms with Crippen LogP contribution in [0.4, 0.5) is 4.79 Å². The quantitative estimate of drug-likeness (QED) is 0.0480. The molecule has 0 aromatic heterocycles. The second-order valence-corrected chi connectivity index (χ2v) is 18.1. The summed E-state index contributed by atoms with van der Waals surface area (Å²) in [7, 11) is 5.67. The predicted molar refractivity (Wildman–Crippen MR) is 237 cm³/mol. The predicted octanol–water partition coefficient (Wildman–Crippen LogP) is 1.69. The van der Waals surface area contributed by atoms with Gasteiger partial charge in [-0.05, 0) is 44.9 Å². The number of benzene rings is 1. The van der Waals surface area contributed by atoms with Crippen molar-refractivity contribution >= 4 is 59.1 Å². The number of cyclic esters (lactones) is 1. The Morgan fingerprint density at radius 2 is 1.74 bits per heavy atom. The highest BCUT2D eigenvalue weighted by Gasteiger charge is 2.64. The number of alkyl carbamates (subject to hydrolysis) is 1. The fourth-order valence-corrected chi connectivity index (χ4v) is 8.03. The van der Waals surface area contributed by atoms with E-state index in [1.165, 1.54) is 28.1 Å². The van der Waals surface area contributed by atoms with Crippen LogP contribution in [-0.4, -0.2) is 152 Å². The summed E-state index contributed by atoms with van der Waals surface area (Å²) >= 11 is 6.16. The molecule has 3 fully saturated rings. The van der Waals surface area contributed by atoms with Gasteiger partial charge < -0.3 is 49.6 Å². The van der Waals surface area contributed by atoms with Gasteiger partial charge in [0.1, 0.15) is 35.7 Å². The number of epoxide rings is 1. The van der Waals surface area contributed by atoms with Crippen molar-refractivity contribution in [1.29, 1.82) is 0 Å². The lowest BCUT2D eigenvalue weighted by Gasteiger charge is -2.42. The molecule has 0 saturated carbocycles. The molecule has 0 radical (unpaired) electrons. The highest BCUT2D eigenvalue weighted by atomic mass is 35.5. The van der Waals surface area contributed by atoms with Gasteiger partial charge in [0, 0.05) is 52.9 Å². The lowest BCUT2D eigenvalue weighted by atomic mass is 9.83. The molecule has 0 aliphatic carbocycles. The van der Waals surface area contributed by atoms with Crippen molar-refractivity contribution in [3.63, 3.8) is 0 Å². The summed E-state index contributed by atoms with van der Waals surface area (Å²) in [5.74, 6) is -4.10. The zero-order valence-electron chi connectivity index (χ0n) is 39.1. The summed E-state index contributed by atoms with van der Waals surface area (Å²) in [5.41, 5.74) is -2.05. The molecule has 3 aliphatic rings. The third-order valence-electron chi connectivity index (χ3n) is 12.2. The second kappa shape index (κ2) is 22.3. The van der Waals surface area contributed by atoms with Crippen LogP contribution in [0.15, 0.2) is 42.0 Å². The van der Waals surface area contributed by atoms with Gasteiger partial charge in [-0.1, -0.05) is 62.2 Å². The van der Waals surface area contributed by atoms with E-state index in [2.05, 4.69) is 21.3 Å². The number of allylic oxidation sites excluding steroid dienone is 3. The molecule has 20 nitrogen and oxygen atoms in total. The van der Waals surface area contributed by atoms with Gasteiger partial charge >= 0.3 is 12.1 Å². The van der Waals surface area contributed by atoms with Crippen LogP contribution in [0.3, 0.4) is 0 Å². The third kappa shape index (κ3) is 13.3. The molecular formula is C45H63ClN6O14. The monoisotopic (exact) mass is 946 g/mol. The Hall–Kier alpha value is -5.57. The molecule has 3 aliphatic heterocycles. The van der Waals surface area contributed by atoms with E-state index in [9.17, 15) is 43.5 Å². The van der Waals surface area contributed by atoms with E-state index in [4.69, 9.17) is 35.3 Å². The SMILES string of the molecule is CNC(=O)CC(OC(=O)C(C)N(C)C(=O)CNC(=O)CNC(=O)CCN1C(=O)CC(C)(C)C1=O)C1(C)OC1C(C)C1CC(O)(C(/C=C/C=C(\C)Cc2ccc(Cl)c(OC)c2)OC)NC(=O)O1. The Bertz CT molecular complexity index is 2100. The molecule has 0 spiro atoms. The van der Waals surface area contributed by atoms with E-state index in [-0.39, 0.29) is 44.0 Å². The van der Waals surface area contributed by atoms with Crippen molar-refractivity contribution in [2.45, 2.75) is 115 Å². The topological polar surface area (TPSA) is 261 Å². The molecule has 3 heterocycles. The summed E-state index contributed by atoms with van der Waals surface area (Å²) < 4.78 is 28.5. The van der Waals surface area contributed by atoms with Gasteiger partial charge in [0.05, 0.1) is 43.2 Å². The largest absolute Gasteiger partial charge is 0.495 e. The molecule has 7 amide bonds. The zero-order valence-corrected chi connectivity index (χ0v) is 39.9. The smallest absolute Gasteiger partial charge is 0.409 e. The van der Waals surface area contributed by atoms with Gasteiger partial charge in [0.15, 0.2) is 5.72 Å². The highest BCUT2D eigenvalue weighted by Crippen LogP contribution is 2.49. The van der Waals surface area contributed by atoms with Crippen molar-refractivity contribution < 1.29 is 67.1 Å². The molecule has 8 atom stereocenters. The first-order valence-electron chi connectivity index (χ1n) is 21.5. The van der Waals surface area contributed by atoms with Crippen LogP contribution in [0.2, 0.25) is 5.02 Å². The van der Waals surface area contributed by atoms with Crippen LogP contribution in [0.1, 0.15) is 72.8 Å². The minimum Gasteiger partial charge on any atom is -0.495 e. The number of hydrogen-bond donors (Lipinski definition) is 5. The maximum atomic E-state index is 13.5. The van der Waals surface area contributed by atoms with Crippen molar-refractivity contribution in [3.05, 3.63) is 52.6 Å². The van der Waals surface area contributed by atoms with E-state index >= 15 is 0 Å². The summed E-state index contributed by atoms with van der Waals surface area (Å²) in [6.45, 7) is 8.85. The normalized spacial score (nSPS) is 24.3. The molecule has 66 heavy (non-hydrogen) atoms. The summed E-state index contributed by atoms with van der Waals surface area (Å²) in [6, 6.07) is 4.31. The number of rotatable bonds is 22. The molecule has 21 heteroatoms. The number of imide groups is 1. The number of carbonyl (C=O) groups excluding carboxylic acids is 8. The Balaban J connectivity index is 1.32. The van der Waals surface area contributed by atoms with Gasteiger partial charge in [-0.2, -0.15) is 0 Å². The lowest BCUT2D eigenvalue weighted by molar-refractivity contribution is -0.162. The maximum absolute atomic E-state index is 13.5. The molecular weight excluding hydrogens is 884 g/mol. The number of likely N-dealkylation sites (N-methyl/N-ethyl adjacent to an activating group) is 1. The molecule has 1 aromatic rings. The number of likely N-dealkylation sites (tertiary alicyclic amines) is 1. The first-order chi connectivity index (χ1) is 30.9. The molecule has 364 valence electrons. The van der Waals surface area contributed by atoms with E-state index in [0.717, 1.165) is 20.9 Å². The van der Waals surface area contributed by atoms with Crippen LogP contribution in [-0.2, 0) is 58.9 Å². The van der Waals surface area contributed by atoms with Crippen LogP contribution in [0.5, 0.6) is 5.75 Å². The number of carbonyl (C=O) groups is 8. The number of amides is 7. The minimum absolute atomic E-state index is 0.0462. The third-order valence-corrected chi connectivity index (χ3v) is 12.5. The molecule has 1 aromatic carbocycles. The molecule has 5 N–H and O–H groups in total. The molecule has 3 saturated heterocycles. The standard InChI is InChI=1S/C45H63ClN6O14/c1-25(18-28-14-15-29(46)30(19-28)62-9)12-11-13-32(63-10)45(61)21-31(64-42(60)50-45)26(2)39-44(6,66-39)33(20-35(54)47-7)65-40(58)27(3)51(8)38(57)24-49-36(55)23-48-34(53)16-17-52-37(56)22-43(4,5)41(52)59/h11-15,19,26-27,31-33,39,61H,16-18,20-24H2,1-10H3,(H,47,54)(H,48,53)(H,49,55)(H,50,60)/b13-11+,25-12+. The first-order valence-corrected chi connectivity index (χ1v) is 21.9. The Kier molecular flexibility index (Phi) is 17.9. The Labute approximate surface area is 389 Å². The van der Waals surface area contributed by atoms with Crippen LogP contribution >= 0.6 is 11.6 Å². The Morgan fingerprint density at radius 1 is 1.06 bits per heavy atom. The van der Waals surface area contributed by atoms with Crippen molar-refractivity contribution in [2.75, 3.05) is 47.9 Å². The fourth-order valence-electron chi connectivity index (χ4n) is 7.84. The van der Waals surface area contributed by atoms with Crippen molar-refractivity contribution in [3.8, 4) is 5.75 Å². The molecule has 8 unspecified atom stereocenters. The van der Waals surface area contributed by atoms with Gasteiger partial charge in [0.25, 0.3) is 0 Å². The second-order valence-electron chi connectivity index (χ2n) is 17.7. The highest BCUT2D eigenvalue weighted by molar-refractivity contribution is 6.32. The average molecular weight is 947 g/mol. The first kappa shape index (κ1) is 53.0. The summed E-state index contributed by atoms with van der Waals surface area (Å²) in [5, 5.41) is 22.0. The average Bonchev–Trinajstić information content (AvgIpc) is 3.91. The van der Waals surface area contributed by atoms with Gasteiger partial charge in [0.2, 0.25) is 35.4 Å². The van der Waals surface area contributed by atoms with Crippen LogP contribution < -0.4 is 26.0 Å². The van der Waals surface area contributed by atoms with Gasteiger partial charge in [-0.15, -0.1) is 0 Å². The number of hydrogen-bond acceptors (Lipinski definition) is 14. The Morgan fingerprint density at radius 3 is 2.36 bits per heavy atom. The number of aliphatic hydroxyl groups is 1. The van der Waals surface area contributed by atoms with Crippen LogP contribution in [0, 0.1) is 11.3 Å². The van der Waals surface area contributed by atoms with Gasteiger partial charge in [-0.3, -0.25) is 39.0 Å². The minimum atomic E-state index is -1.90. The van der Waals surface area contributed by atoms with Crippen molar-refractivity contribution in [2.24, 2.45) is 11.3 Å². The maximum Gasteiger partial charge on any atom is 0.409 e. The van der Waals surface area contributed by atoms with E-state index in [1.807, 2.05) is 25.1 Å². The summed E-state index contributed by atoms with van der Waals surface area (Å²) in [4.78, 5) is 104. The molecule has 0 bridgehead atoms. The number of nitrogens with zero attached hydrogens (tertiary/aromatic N) is 2. The van der Waals surface area contributed by atoms with Crippen LogP contribution in [0.25, 0.3) is 0 Å². The number of ether oxygens (including phenoxy) is 5. The lowest BCUT2D eigenvalue weighted by Crippen LogP contribution is -2.63. The molecule has 4 rings (SSSR count). The van der Waals surface area contributed by atoms with E-state index in [1.54, 1.807) is 53.0 Å². The fraction of sp³-hybridized carbons (Fsp3) is 0.600. The number of esters is 1.